The second-order valence-corrected chi connectivity index (χ2v) is 6.80. The lowest BCUT2D eigenvalue weighted by Crippen LogP contribution is -2.13. The van der Waals surface area contributed by atoms with Crippen molar-refractivity contribution in [2.75, 3.05) is 35.0 Å². The topological polar surface area (TPSA) is 46.2 Å². The van der Waals surface area contributed by atoms with Gasteiger partial charge in [-0.25, -0.2) is 0 Å². The van der Waals surface area contributed by atoms with Gasteiger partial charge in [-0.2, -0.15) is 0 Å². The summed E-state index contributed by atoms with van der Waals surface area (Å²) in [5, 5.41) is 0. The molecule has 0 N–H and O–H groups in total. The highest BCUT2D eigenvalue weighted by molar-refractivity contribution is 6.03. The van der Waals surface area contributed by atoms with Crippen molar-refractivity contribution in [2.24, 2.45) is 0 Å². The Morgan fingerprint density at radius 1 is 0.633 bits per heavy atom. The van der Waals surface area contributed by atoms with Gasteiger partial charge in [0.1, 0.15) is 35.4 Å². The van der Waals surface area contributed by atoms with Crippen LogP contribution in [0.1, 0.15) is 16.7 Å². The van der Waals surface area contributed by atoms with E-state index in [2.05, 4.69) is 12.1 Å². The van der Waals surface area contributed by atoms with Crippen molar-refractivity contribution >= 4 is 11.1 Å². The first-order valence-electron chi connectivity index (χ1n) is 9.59. The average Bonchev–Trinajstić information content (AvgIpc) is 2.82. The van der Waals surface area contributed by atoms with Crippen LogP contribution in [0.3, 0.4) is 0 Å². The van der Waals surface area contributed by atoms with Crippen LogP contribution in [0.5, 0.6) is 28.7 Å². The third-order valence-corrected chi connectivity index (χ3v) is 5.24. The second kappa shape index (κ2) is 8.41. The molecule has 1 aliphatic rings. The summed E-state index contributed by atoms with van der Waals surface area (Å²) in [4.78, 5) is 0. The molecule has 0 unspecified atom stereocenters. The molecule has 0 spiro atoms. The molecule has 0 saturated heterocycles. The van der Waals surface area contributed by atoms with Gasteiger partial charge in [0.25, 0.3) is 0 Å². The van der Waals surface area contributed by atoms with E-state index in [1.807, 2.05) is 48.5 Å². The Morgan fingerprint density at radius 2 is 1.20 bits per heavy atom. The summed E-state index contributed by atoms with van der Waals surface area (Å²) in [6, 6.07) is 19.8. The maximum absolute atomic E-state index is 6.15. The van der Waals surface area contributed by atoms with Crippen molar-refractivity contribution in [3.8, 4) is 28.7 Å². The molecule has 4 rings (SSSR count). The van der Waals surface area contributed by atoms with E-state index in [-0.39, 0.29) is 0 Å². The zero-order valence-corrected chi connectivity index (χ0v) is 17.5. The van der Waals surface area contributed by atoms with Crippen LogP contribution in [-0.4, -0.2) is 35.0 Å². The van der Waals surface area contributed by atoms with Gasteiger partial charge in [-0.3, -0.25) is 0 Å². The van der Waals surface area contributed by atoms with Crippen molar-refractivity contribution in [1.29, 1.82) is 0 Å². The summed E-state index contributed by atoms with van der Waals surface area (Å²) in [5.41, 5.74) is 5.14. The molecule has 0 radical (unpaired) electrons. The normalized spacial score (nSPS) is 12.7. The van der Waals surface area contributed by atoms with Crippen LogP contribution in [0.15, 0.2) is 60.7 Å². The maximum Gasteiger partial charge on any atom is 0.135 e. The largest absolute Gasteiger partial charge is 0.497 e. The van der Waals surface area contributed by atoms with E-state index in [4.69, 9.17) is 23.7 Å². The van der Waals surface area contributed by atoms with Gasteiger partial charge < -0.3 is 23.7 Å². The highest BCUT2D eigenvalue weighted by Crippen LogP contribution is 2.47. The van der Waals surface area contributed by atoms with Crippen LogP contribution in [0, 0.1) is 0 Å². The Hall–Kier alpha value is -3.60. The first kappa shape index (κ1) is 19.7. The zero-order valence-electron chi connectivity index (χ0n) is 17.5. The van der Waals surface area contributed by atoms with Crippen LogP contribution in [0.2, 0.25) is 0 Å². The molecule has 1 heterocycles. The predicted octanol–water partition coefficient (Wildman–Crippen LogP) is 5.07. The van der Waals surface area contributed by atoms with Gasteiger partial charge in [0.05, 0.1) is 34.0 Å². The first-order chi connectivity index (χ1) is 14.7. The van der Waals surface area contributed by atoms with E-state index in [1.54, 1.807) is 28.4 Å². The molecule has 0 atom stereocenters. The maximum atomic E-state index is 6.15. The van der Waals surface area contributed by atoms with Crippen LogP contribution < -0.4 is 23.7 Å². The molecule has 0 saturated carbocycles. The number of hydrogen-bond acceptors (Lipinski definition) is 5. The van der Waals surface area contributed by atoms with Crippen molar-refractivity contribution < 1.29 is 23.7 Å². The predicted molar refractivity (Wildman–Crippen MR) is 117 cm³/mol. The highest BCUT2D eigenvalue weighted by atomic mass is 16.5. The van der Waals surface area contributed by atoms with Gasteiger partial charge in [-0.05, 0) is 35.4 Å². The molecule has 0 aromatic heterocycles. The number of rotatable bonds is 6. The van der Waals surface area contributed by atoms with Crippen molar-refractivity contribution in [1.82, 2.24) is 0 Å². The lowest BCUT2D eigenvalue weighted by Gasteiger charge is -2.27. The van der Waals surface area contributed by atoms with Crippen molar-refractivity contribution in [3.63, 3.8) is 0 Å². The monoisotopic (exact) mass is 404 g/mol. The number of benzene rings is 3. The van der Waals surface area contributed by atoms with Crippen LogP contribution in [0.25, 0.3) is 11.1 Å². The number of ether oxygens (including phenoxy) is 5. The minimum Gasteiger partial charge on any atom is -0.497 e. The third kappa shape index (κ3) is 3.54. The summed E-state index contributed by atoms with van der Waals surface area (Å²) >= 11 is 0. The van der Waals surface area contributed by atoms with E-state index >= 15 is 0 Å². The third-order valence-electron chi connectivity index (χ3n) is 5.24. The molecule has 0 fully saturated rings. The molecule has 1 aliphatic heterocycles. The summed E-state index contributed by atoms with van der Waals surface area (Å²) in [7, 11) is 6.61. The minimum absolute atomic E-state index is 0.428. The van der Waals surface area contributed by atoms with Gasteiger partial charge >= 0.3 is 0 Å². The van der Waals surface area contributed by atoms with Crippen molar-refractivity contribution in [2.45, 2.75) is 0 Å². The quantitative estimate of drug-likeness (QED) is 0.574. The SMILES string of the molecule is COc1ccc(C2=C(c3ccc(OC)cc3)c3c(OC)cc(OC)cc3OC2)cc1. The Kier molecular flexibility index (Phi) is 5.53. The molecule has 0 bridgehead atoms. The van der Waals surface area contributed by atoms with Gasteiger partial charge in [0, 0.05) is 23.3 Å². The van der Waals surface area contributed by atoms with Gasteiger partial charge in [0.2, 0.25) is 0 Å². The highest BCUT2D eigenvalue weighted by Gasteiger charge is 2.27. The van der Waals surface area contributed by atoms with Crippen LogP contribution in [-0.2, 0) is 0 Å². The molecular formula is C25H24O5. The Bertz CT molecular complexity index is 1070. The van der Waals surface area contributed by atoms with E-state index in [9.17, 15) is 0 Å². The lowest BCUT2D eigenvalue weighted by molar-refractivity contribution is 0.347. The lowest BCUT2D eigenvalue weighted by atomic mass is 9.87. The number of hydrogen-bond donors (Lipinski definition) is 0. The minimum atomic E-state index is 0.428. The fourth-order valence-electron chi connectivity index (χ4n) is 3.67. The fraction of sp³-hybridized carbons (Fsp3) is 0.200. The molecule has 5 heteroatoms. The van der Waals surface area contributed by atoms with E-state index in [0.29, 0.717) is 18.1 Å². The first-order valence-corrected chi connectivity index (χ1v) is 9.59. The van der Waals surface area contributed by atoms with Gasteiger partial charge in [-0.15, -0.1) is 0 Å². The Balaban J connectivity index is 1.97. The van der Waals surface area contributed by atoms with Crippen LogP contribution in [0.4, 0.5) is 0 Å². The molecular weight excluding hydrogens is 380 g/mol. The summed E-state index contributed by atoms with van der Waals surface area (Å²) in [5.74, 6) is 3.73. The van der Waals surface area contributed by atoms with Crippen LogP contribution >= 0.6 is 0 Å². The standard InChI is InChI=1S/C25H24O5/c1-26-18-9-5-16(6-10-18)21-15-30-23-14-20(28-3)13-22(29-4)25(23)24(21)17-7-11-19(27-2)12-8-17/h5-14H,15H2,1-4H3. The molecule has 30 heavy (non-hydrogen) atoms. The van der Waals surface area contributed by atoms with Crippen molar-refractivity contribution in [3.05, 3.63) is 77.4 Å². The summed E-state index contributed by atoms with van der Waals surface area (Å²) < 4.78 is 28.0. The molecule has 3 aromatic carbocycles. The number of methoxy groups -OCH3 is 4. The average molecular weight is 404 g/mol. The molecule has 0 amide bonds. The smallest absolute Gasteiger partial charge is 0.135 e. The summed E-state index contributed by atoms with van der Waals surface area (Å²) in [6.45, 7) is 0.428. The van der Waals surface area contributed by atoms with Gasteiger partial charge in [-0.1, -0.05) is 24.3 Å². The van der Waals surface area contributed by atoms with E-state index < -0.39 is 0 Å². The molecule has 5 nitrogen and oxygen atoms in total. The molecule has 3 aromatic rings. The summed E-state index contributed by atoms with van der Waals surface area (Å²) in [6.07, 6.45) is 0. The van der Waals surface area contributed by atoms with Gasteiger partial charge in [0.15, 0.2) is 0 Å². The Labute approximate surface area is 176 Å². The second-order valence-electron chi connectivity index (χ2n) is 6.80. The van der Waals surface area contributed by atoms with E-state index in [0.717, 1.165) is 45.1 Å². The molecule has 154 valence electrons. The Morgan fingerprint density at radius 3 is 1.73 bits per heavy atom. The fourth-order valence-corrected chi connectivity index (χ4v) is 3.67. The zero-order chi connectivity index (χ0) is 21.1. The number of fused-ring (bicyclic) bond motifs is 1. The molecule has 0 aliphatic carbocycles. The van der Waals surface area contributed by atoms with E-state index in [1.165, 1.54) is 0 Å².